The van der Waals surface area contributed by atoms with E-state index in [0.717, 1.165) is 24.1 Å². The third-order valence-electron chi connectivity index (χ3n) is 4.98. The van der Waals surface area contributed by atoms with E-state index in [2.05, 4.69) is 10.3 Å². The zero-order chi connectivity index (χ0) is 21.7. The molecule has 1 amide bonds. The van der Waals surface area contributed by atoms with E-state index < -0.39 is 23.4 Å². The molecule has 160 valence electrons. The largest absolute Gasteiger partial charge is 0.444 e. The highest BCUT2D eigenvalue weighted by Crippen LogP contribution is 2.33. The van der Waals surface area contributed by atoms with Crippen molar-refractivity contribution in [3.8, 4) is 0 Å². The number of hydrogen-bond donors (Lipinski definition) is 1. The van der Waals surface area contributed by atoms with Crippen LogP contribution in [-0.2, 0) is 10.9 Å². The van der Waals surface area contributed by atoms with Crippen LogP contribution in [0.1, 0.15) is 32.8 Å². The number of ether oxygens (including phenoxy) is 1. The highest BCUT2D eigenvalue weighted by molar-refractivity contribution is 5.85. The topological polar surface area (TPSA) is 58.9 Å². The first-order valence-corrected chi connectivity index (χ1v) is 9.74. The molecule has 1 N–H and O–H groups in total. The van der Waals surface area contributed by atoms with Gasteiger partial charge in [-0.1, -0.05) is 0 Å². The number of alkyl carbamates (subject to hydrolysis) is 1. The second-order valence-electron chi connectivity index (χ2n) is 8.48. The molecule has 6 nitrogen and oxygen atoms in total. The number of amides is 1. The summed E-state index contributed by atoms with van der Waals surface area (Å²) in [4.78, 5) is 18.7. The molecule has 1 saturated heterocycles. The lowest BCUT2D eigenvalue weighted by Crippen LogP contribution is -2.40. The van der Waals surface area contributed by atoms with E-state index in [9.17, 15) is 18.0 Å². The summed E-state index contributed by atoms with van der Waals surface area (Å²) in [5, 5.41) is 2.88. The first-order chi connectivity index (χ1) is 14.0. The smallest absolute Gasteiger partial charge is 0.416 e. The molecule has 0 bridgehead atoms. The number of carbonyl (C=O) groups is 1. The third-order valence-corrected chi connectivity index (χ3v) is 4.98. The van der Waals surface area contributed by atoms with Crippen LogP contribution in [0.25, 0.3) is 16.6 Å². The molecular weight excluding hydrogens is 397 g/mol. The zero-order valence-corrected chi connectivity index (χ0v) is 17.0. The third kappa shape index (κ3) is 4.01. The van der Waals surface area contributed by atoms with Gasteiger partial charge in [0.2, 0.25) is 0 Å². The van der Waals surface area contributed by atoms with Gasteiger partial charge in [0.05, 0.1) is 28.2 Å². The molecule has 3 aromatic rings. The van der Waals surface area contributed by atoms with Crippen LogP contribution < -0.4 is 10.2 Å². The molecule has 4 rings (SSSR count). The minimum Gasteiger partial charge on any atom is -0.444 e. The predicted octanol–water partition coefficient (Wildman–Crippen LogP) is 4.61. The Kier molecular flexibility index (Phi) is 4.79. The molecule has 1 aliphatic heterocycles. The number of halogens is 3. The summed E-state index contributed by atoms with van der Waals surface area (Å²) < 4.78 is 46.4. The number of nitrogens with zero attached hydrogens (tertiary/aromatic N) is 3. The first-order valence-electron chi connectivity index (χ1n) is 9.74. The molecule has 0 aliphatic carbocycles. The number of alkyl halides is 3. The van der Waals surface area contributed by atoms with Gasteiger partial charge < -0.3 is 19.4 Å². The number of carbonyl (C=O) groups excluding carboxylic acids is 1. The lowest BCUT2D eigenvalue weighted by Gasteiger charge is -2.23. The Morgan fingerprint density at radius 3 is 2.67 bits per heavy atom. The van der Waals surface area contributed by atoms with Gasteiger partial charge in [0.1, 0.15) is 5.60 Å². The normalized spacial score (nSPS) is 17.7. The van der Waals surface area contributed by atoms with Crippen LogP contribution in [0.3, 0.4) is 0 Å². The van der Waals surface area contributed by atoms with E-state index in [1.54, 1.807) is 37.4 Å². The van der Waals surface area contributed by atoms with Crippen molar-refractivity contribution < 1.29 is 22.7 Å². The fraction of sp³-hybridized carbons (Fsp3) is 0.429. The minimum atomic E-state index is -4.41. The number of anilines is 1. The van der Waals surface area contributed by atoms with E-state index in [4.69, 9.17) is 4.74 Å². The summed E-state index contributed by atoms with van der Waals surface area (Å²) in [5.74, 6) is 0.681. The molecule has 9 heteroatoms. The number of benzene rings is 1. The molecule has 30 heavy (non-hydrogen) atoms. The van der Waals surface area contributed by atoms with Crippen LogP contribution >= 0.6 is 0 Å². The summed E-state index contributed by atoms with van der Waals surface area (Å²) >= 11 is 0. The molecule has 2 aromatic heterocycles. The molecule has 0 radical (unpaired) electrons. The molecule has 1 unspecified atom stereocenters. The van der Waals surface area contributed by atoms with E-state index in [-0.39, 0.29) is 6.04 Å². The van der Waals surface area contributed by atoms with Crippen molar-refractivity contribution >= 4 is 28.5 Å². The van der Waals surface area contributed by atoms with Crippen molar-refractivity contribution in [2.24, 2.45) is 0 Å². The van der Waals surface area contributed by atoms with Gasteiger partial charge in [-0.3, -0.25) is 0 Å². The first kappa shape index (κ1) is 20.3. The summed E-state index contributed by atoms with van der Waals surface area (Å²) in [5.41, 5.74) is 0.318. The second-order valence-corrected chi connectivity index (χ2v) is 8.48. The molecule has 3 heterocycles. The van der Waals surface area contributed by atoms with E-state index in [1.807, 2.05) is 11.0 Å². The zero-order valence-electron chi connectivity index (χ0n) is 17.0. The molecular formula is C21H23F3N4O2. The molecule has 1 aliphatic rings. The highest BCUT2D eigenvalue weighted by atomic mass is 19.4. The summed E-state index contributed by atoms with van der Waals surface area (Å²) in [6.45, 7) is 6.62. The number of aromatic nitrogens is 2. The van der Waals surface area contributed by atoms with Crippen LogP contribution in [0.4, 0.5) is 23.8 Å². The number of nitrogens with one attached hydrogen (secondary N) is 1. The average Bonchev–Trinajstić information content (AvgIpc) is 3.27. The van der Waals surface area contributed by atoms with Gasteiger partial charge in [0.25, 0.3) is 0 Å². The van der Waals surface area contributed by atoms with Crippen LogP contribution in [0.5, 0.6) is 0 Å². The standard InChI is InChI=1S/C21H23F3N4O2/c1-20(2,3)30-19(29)25-14-8-10-27(12-14)18-16-5-4-9-28(16)17-11-13(21(22,23)24)6-7-15(17)26-18/h4-7,9,11,14H,8,10,12H2,1-3H3,(H,25,29). The Bertz CT molecular complexity index is 1100. The van der Waals surface area contributed by atoms with Gasteiger partial charge in [-0.15, -0.1) is 0 Å². The van der Waals surface area contributed by atoms with Crippen molar-refractivity contribution in [3.05, 3.63) is 42.1 Å². The number of hydrogen-bond acceptors (Lipinski definition) is 4. The number of rotatable bonds is 2. The maximum atomic E-state index is 13.1. The van der Waals surface area contributed by atoms with Crippen molar-refractivity contribution in [2.45, 2.75) is 45.0 Å². The van der Waals surface area contributed by atoms with Gasteiger partial charge in [-0.05, 0) is 57.5 Å². The van der Waals surface area contributed by atoms with Crippen molar-refractivity contribution in [2.75, 3.05) is 18.0 Å². The van der Waals surface area contributed by atoms with Crippen molar-refractivity contribution in [1.82, 2.24) is 14.7 Å². The maximum Gasteiger partial charge on any atom is 0.416 e. The quantitative estimate of drug-likeness (QED) is 0.658. The van der Waals surface area contributed by atoms with Crippen LogP contribution in [0.15, 0.2) is 36.5 Å². The molecule has 1 aromatic carbocycles. The highest BCUT2D eigenvalue weighted by Gasteiger charge is 2.32. The summed E-state index contributed by atoms with van der Waals surface area (Å²) in [7, 11) is 0. The Hall–Kier alpha value is -2.97. The molecule has 1 fully saturated rings. The lowest BCUT2D eigenvalue weighted by molar-refractivity contribution is -0.137. The van der Waals surface area contributed by atoms with Gasteiger partial charge in [-0.2, -0.15) is 13.2 Å². The predicted molar refractivity (Wildman–Crippen MR) is 108 cm³/mol. The Morgan fingerprint density at radius 2 is 1.97 bits per heavy atom. The average molecular weight is 420 g/mol. The maximum absolute atomic E-state index is 13.1. The van der Waals surface area contributed by atoms with Crippen LogP contribution in [0, 0.1) is 0 Å². The summed E-state index contributed by atoms with van der Waals surface area (Å²) in [6.07, 6.45) is -2.43. The van der Waals surface area contributed by atoms with Crippen LogP contribution in [-0.4, -0.2) is 40.2 Å². The van der Waals surface area contributed by atoms with E-state index in [0.29, 0.717) is 29.9 Å². The molecule has 0 spiro atoms. The SMILES string of the molecule is CC(C)(C)OC(=O)NC1CCN(c2nc3ccc(C(F)(F)F)cc3n3cccc23)C1. The van der Waals surface area contributed by atoms with Gasteiger partial charge >= 0.3 is 12.3 Å². The monoisotopic (exact) mass is 420 g/mol. The number of fused-ring (bicyclic) bond motifs is 3. The van der Waals surface area contributed by atoms with Crippen molar-refractivity contribution in [1.29, 1.82) is 0 Å². The second kappa shape index (κ2) is 7.07. The van der Waals surface area contributed by atoms with Crippen LogP contribution in [0.2, 0.25) is 0 Å². The van der Waals surface area contributed by atoms with Crippen molar-refractivity contribution in [3.63, 3.8) is 0 Å². The van der Waals surface area contributed by atoms with Gasteiger partial charge in [-0.25, -0.2) is 9.78 Å². The fourth-order valence-electron chi connectivity index (χ4n) is 3.71. The van der Waals surface area contributed by atoms with E-state index in [1.165, 1.54) is 6.07 Å². The van der Waals surface area contributed by atoms with E-state index >= 15 is 0 Å². The lowest BCUT2D eigenvalue weighted by atomic mass is 10.2. The minimum absolute atomic E-state index is 0.0973. The Labute approximate surface area is 171 Å². The Balaban J connectivity index is 1.62. The fourth-order valence-corrected chi connectivity index (χ4v) is 3.71. The Morgan fingerprint density at radius 1 is 1.20 bits per heavy atom. The molecule has 1 atom stereocenters. The summed E-state index contributed by atoms with van der Waals surface area (Å²) in [6, 6.07) is 7.08. The van der Waals surface area contributed by atoms with Gasteiger partial charge in [0.15, 0.2) is 5.82 Å². The molecule has 0 saturated carbocycles. The van der Waals surface area contributed by atoms with Gasteiger partial charge in [0, 0.05) is 19.3 Å².